The predicted octanol–water partition coefficient (Wildman–Crippen LogP) is 4.70. The zero-order chi connectivity index (χ0) is 9.64. The van der Waals surface area contributed by atoms with E-state index in [0.717, 1.165) is 11.8 Å². The molecule has 0 atom stereocenters. The highest BCUT2D eigenvalue weighted by atomic mass is 14.2. The average Bonchev–Trinajstić information content (AvgIpc) is 2.29. The molecule has 0 N–H and O–H groups in total. The average molecular weight is 192 g/mol. The van der Waals surface area contributed by atoms with Crippen LogP contribution < -0.4 is 0 Å². The fraction of sp³-hybridized carbons (Fsp3) is 0.857. The van der Waals surface area contributed by atoms with Gasteiger partial charge in [0.15, 0.2) is 0 Å². The molecule has 2 aliphatic rings. The van der Waals surface area contributed by atoms with Gasteiger partial charge in [0.2, 0.25) is 0 Å². The minimum Gasteiger partial charge on any atom is -0.0851 e. The van der Waals surface area contributed by atoms with Crippen molar-refractivity contribution in [2.24, 2.45) is 11.8 Å². The van der Waals surface area contributed by atoms with Crippen LogP contribution in [0.3, 0.4) is 0 Å². The van der Waals surface area contributed by atoms with Crippen molar-refractivity contribution in [2.75, 3.05) is 0 Å². The lowest BCUT2D eigenvalue weighted by Gasteiger charge is -2.21. The van der Waals surface area contributed by atoms with Crippen LogP contribution >= 0.6 is 0 Å². The first-order chi connectivity index (χ1) is 6.95. The maximum Gasteiger partial charge on any atom is -0.0233 e. The molecule has 0 heterocycles. The van der Waals surface area contributed by atoms with Crippen LogP contribution in [-0.2, 0) is 0 Å². The van der Waals surface area contributed by atoms with Crippen LogP contribution in [0.1, 0.15) is 64.2 Å². The van der Waals surface area contributed by atoms with Crippen molar-refractivity contribution in [1.29, 1.82) is 0 Å². The maximum atomic E-state index is 2.55. The molecule has 2 aliphatic carbocycles. The van der Waals surface area contributed by atoms with E-state index in [-0.39, 0.29) is 0 Å². The summed E-state index contributed by atoms with van der Waals surface area (Å²) in [7, 11) is 0. The normalized spacial score (nSPS) is 27.1. The Morgan fingerprint density at radius 3 is 1.21 bits per heavy atom. The first-order valence-corrected chi connectivity index (χ1v) is 6.63. The van der Waals surface area contributed by atoms with Gasteiger partial charge < -0.3 is 0 Å². The van der Waals surface area contributed by atoms with Gasteiger partial charge in [0.25, 0.3) is 0 Å². The van der Waals surface area contributed by atoms with Crippen molar-refractivity contribution in [3.63, 3.8) is 0 Å². The van der Waals surface area contributed by atoms with Crippen LogP contribution in [0.5, 0.6) is 0 Å². The Balaban J connectivity index is 1.73. The highest BCUT2D eigenvalue weighted by Gasteiger charge is 2.13. The molecule has 0 aromatic carbocycles. The van der Waals surface area contributed by atoms with Crippen LogP contribution in [0.15, 0.2) is 12.2 Å². The highest BCUT2D eigenvalue weighted by Crippen LogP contribution is 2.28. The quantitative estimate of drug-likeness (QED) is 0.556. The van der Waals surface area contributed by atoms with E-state index in [0.29, 0.717) is 0 Å². The molecule has 2 saturated carbocycles. The smallest absolute Gasteiger partial charge is 0.0233 e. The third-order valence-corrected chi connectivity index (χ3v) is 3.96. The molecule has 0 saturated heterocycles. The monoisotopic (exact) mass is 192 g/mol. The molecule has 0 aliphatic heterocycles. The molecule has 0 aromatic heterocycles. The topological polar surface area (TPSA) is 0 Å². The minimum absolute atomic E-state index is 0.936. The molecule has 80 valence electrons. The molecular formula is C14H24. The zero-order valence-electron chi connectivity index (χ0n) is 9.38. The van der Waals surface area contributed by atoms with Crippen LogP contribution in [0.25, 0.3) is 0 Å². The molecule has 0 spiro atoms. The zero-order valence-corrected chi connectivity index (χ0v) is 9.38. The van der Waals surface area contributed by atoms with Gasteiger partial charge >= 0.3 is 0 Å². The Morgan fingerprint density at radius 2 is 0.857 bits per heavy atom. The van der Waals surface area contributed by atoms with E-state index in [1.54, 1.807) is 0 Å². The van der Waals surface area contributed by atoms with Gasteiger partial charge in [-0.05, 0) is 37.5 Å². The van der Waals surface area contributed by atoms with Crippen molar-refractivity contribution in [2.45, 2.75) is 64.2 Å². The Labute approximate surface area is 88.8 Å². The highest BCUT2D eigenvalue weighted by molar-refractivity contribution is 4.94. The predicted molar refractivity (Wildman–Crippen MR) is 62.3 cm³/mol. The molecule has 14 heavy (non-hydrogen) atoms. The summed E-state index contributed by atoms with van der Waals surface area (Å²) in [6, 6.07) is 0. The van der Waals surface area contributed by atoms with Crippen LogP contribution in [-0.4, -0.2) is 0 Å². The van der Waals surface area contributed by atoms with Gasteiger partial charge in [-0.2, -0.15) is 0 Å². The lowest BCUT2D eigenvalue weighted by Crippen LogP contribution is -2.06. The van der Waals surface area contributed by atoms with Crippen molar-refractivity contribution in [3.05, 3.63) is 12.2 Å². The lowest BCUT2D eigenvalue weighted by atomic mass is 9.85. The van der Waals surface area contributed by atoms with Gasteiger partial charge in [0, 0.05) is 0 Å². The number of hydrogen-bond acceptors (Lipinski definition) is 0. The molecule has 0 bridgehead atoms. The van der Waals surface area contributed by atoms with E-state index in [1.807, 2.05) is 0 Å². The fourth-order valence-electron chi connectivity index (χ4n) is 2.97. The van der Waals surface area contributed by atoms with Crippen molar-refractivity contribution in [3.8, 4) is 0 Å². The Morgan fingerprint density at radius 1 is 0.500 bits per heavy atom. The summed E-state index contributed by atoms with van der Waals surface area (Å²) in [5.41, 5.74) is 0. The number of hydrogen-bond donors (Lipinski definition) is 0. The molecule has 0 nitrogen and oxygen atoms in total. The molecule has 0 amide bonds. The molecule has 0 aromatic rings. The summed E-state index contributed by atoms with van der Waals surface area (Å²) >= 11 is 0. The molecule has 0 unspecified atom stereocenters. The largest absolute Gasteiger partial charge is 0.0851 e. The summed E-state index contributed by atoms with van der Waals surface area (Å²) in [6.07, 6.45) is 19.8. The first kappa shape index (κ1) is 10.3. The van der Waals surface area contributed by atoms with Crippen molar-refractivity contribution < 1.29 is 0 Å². The Bertz CT molecular complexity index is 148. The van der Waals surface area contributed by atoms with Gasteiger partial charge in [-0.25, -0.2) is 0 Å². The third-order valence-electron chi connectivity index (χ3n) is 3.96. The number of rotatable bonds is 2. The van der Waals surface area contributed by atoms with Crippen LogP contribution in [0, 0.1) is 11.8 Å². The second-order valence-electron chi connectivity index (χ2n) is 5.18. The summed E-state index contributed by atoms with van der Waals surface area (Å²) in [5.74, 6) is 1.87. The second kappa shape index (κ2) is 5.58. The summed E-state index contributed by atoms with van der Waals surface area (Å²) in [4.78, 5) is 0. The standard InChI is InChI=1S/C14H24/c1-3-7-13(8-4-1)11-12-14-9-5-2-6-10-14/h11-14H,1-10H2/b12-11-. The van der Waals surface area contributed by atoms with Crippen LogP contribution in [0.4, 0.5) is 0 Å². The van der Waals surface area contributed by atoms with E-state index in [4.69, 9.17) is 0 Å². The Kier molecular flexibility index (Phi) is 4.09. The van der Waals surface area contributed by atoms with Crippen LogP contribution in [0.2, 0.25) is 0 Å². The van der Waals surface area contributed by atoms with Gasteiger partial charge in [-0.1, -0.05) is 50.7 Å². The van der Waals surface area contributed by atoms with E-state index < -0.39 is 0 Å². The van der Waals surface area contributed by atoms with E-state index in [1.165, 1.54) is 64.2 Å². The first-order valence-electron chi connectivity index (χ1n) is 6.63. The lowest BCUT2D eigenvalue weighted by molar-refractivity contribution is 0.401. The summed E-state index contributed by atoms with van der Waals surface area (Å²) in [5, 5.41) is 0. The van der Waals surface area contributed by atoms with E-state index in [9.17, 15) is 0 Å². The van der Waals surface area contributed by atoms with Gasteiger partial charge in [0.05, 0.1) is 0 Å². The van der Waals surface area contributed by atoms with Gasteiger partial charge in [0.1, 0.15) is 0 Å². The minimum atomic E-state index is 0.936. The number of allylic oxidation sites excluding steroid dienone is 2. The molecular weight excluding hydrogens is 168 g/mol. The van der Waals surface area contributed by atoms with Crippen molar-refractivity contribution >= 4 is 0 Å². The third kappa shape index (κ3) is 3.15. The maximum absolute atomic E-state index is 2.55. The van der Waals surface area contributed by atoms with E-state index in [2.05, 4.69) is 12.2 Å². The van der Waals surface area contributed by atoms with E-state index >= 15 is 0 Å². The van der Waals surface area contributed by atoms with Gasteiger partial charge in [-0.15, -0.1) is 0 Å². The SMILES string of the molecule is C(=C/C1CCCCC1)/C1CCCCC1. The molecule has 2 fully saturated rings. The van der Waals surface area contributed by atoms with Crippen molar-refractivity contribution in [1.82, 2.24) is 0 Å². The molecule has 0 radical (unpaired) electrons. The van der Waals surface area contributed by atoms with Gasteiger partial charge in [-0.3, -0.25) is 0 Å². The molecule has 2 rings (SSSR count). The Hall–Kier alpha value is -0.260. The molecule has 0 heteroatoms. The second-order valence-corrected chi connectivity index (χ2v) is 5.18. The summed E-state index contributed by atoms with van der Waals surface area (Å²) in [6.45, 7) is 0. The fourth-order valence-corrected chi connectivity index (χ4v) is 2.97. The summed E-state index contributed by atoms with van der Waals surface area (Å²) < 4.78 is 0.